The molecule has 4 nitrogen and oxygen atoms in total. The Kier molecular flexibility index (Phi) is 7.99. The highest BCUT2D eigenvalue weighted by molar-refractivity contribution is 7.98. The molecule has 4 aromatic rings. The lowest BCUT2D eigenvalue weighted by atomic mass is 10.1. The summed E-state index contributed by atoms with van der Waals surface area (Å²) in [6, 6.07) is 17.3. The molecule has 0 saturated carbocycles. The van der Waals surface area contributed by atoms with Crippen molar-refractivity contribution in [1.82, 2.24) is 9.97 Å². The normalized spacial score (nSPS) is 11.3. The highest BCUT2D eigenvalue weighted by atomic mass is 32.2. The molecule has 0 spiro atoms. The van der Waals surface area contributed by atoms with Crippen LogP contribution in [0, 0.1) is 13.8 Å². The van der Waals surface area contributed by atoms with Crippen LogP contribution < -0.4 is 10.6 Å². The van der Waals surface area contributed by atoms with Gasteiger partial charge < -0.3 is 10.6 Å². The number of pyridine rings is 2. The number of aryl methyl sites for hydroxylation is 2. The molecule has 2 heterocycles. The molecule has 0 fully saturated rings. The van der Waals surface area contributed by atoms with Crippen LogP contribution in [0.4, 0.5) is 11.4 Å². The molecule has 0 unspecified atom stereocenters. The largest absolute Gasteiger partial charge is 0.384 e. The van der Waals surface area contributed by atoms with E-state index >= 15 is 0 Å². The van der Waals surface area contributed by atoms with Gasteiger partial charge in [-0.1, -0.05) is 0 Å². The number of fused-ring (bicyclic) bond motifs is 2. The monoisotopic (exact) mass is 476 g/mol. The van der Waals surface area contributed by atoms with Crippen LogP contribution in [0.5, 0.6) is 0 Å². The van der Waals surface area contributed by atoms with Crippen molar-refractivity contribution in [2.24, 2.45) is 0 Å². The zero-order valence-electron chi connectivity index (χ0n) is 19.9. The second kappa shape index (κ2) is 11.1. The van der Waals surface area contributed by atoms with Gasteiger partial charge in [-0.25, -0.2) is 0 Å². The number of anilines is 2. The van der Waals surface area contributed by atoms with Gasteiger partial charge in [0.25, 0.3) is 0 Å². The van der Waals surface area contributed by atoms with E-state index in [4.69, 9.17) is 0 Å². The Labute approximate surface area is 205 Å². The molecule has 172 valence electrons. The fourth-order valence-corrected chi connectivity index (χ4v) is 4.97. The Bertz CT molecular complexity index is 1160. The van der Waals surface area contributed by atoms with Gasteiger partial charge in [0.2, 0.25) is 0 Å². The first-order chi connectivity index (χ1) is 16.1. The molecule has 2 aromatic carbocycles. The van der Waals surface area contributed by atoms with Crippen molar-refractivity contribution >= 4 is 56.7 Å². The van der Waals surface area contributed by atoms with Crippen molar-refractivity contribution in [1.29, 1.82) is 0 Å². The zero-order chi connectivity index (χ0) is 23.2. The number of hydrogen-bond donors (Lipinski definition) is 2. The standard InChI is InChI=1S/C27H32N4S2/c1-18-14-26(22-16-20(32-3)8-10-24(22)30-18)28-12-6-5-7-13-29-27-15-19(2)31-25-11-9-21(33-4)17-23(25)27/h8-11,14-17H,5-7,12-13H2,1-4H3,(H,28,30)(H,29,31). The van der Waals surface area contributed by atoms with E-state index in [1.165, 1.54) is 38.4 Å². The van der Waals surface area contributed by atoms with Crippen LogP contribution in [0.15, 0.2) is 58.3 Å². The van der Waals surface area contributed by atoms with E-state index in [0.29, 0.717) is 0 Å². The van der Waals surface area contributed by atoms with Crippen LogP contribution in [0.2, 0.25) is 0 Å². The Morgan fingerprint density at radius 2 is 1.09 bits per heavy atom. The molecule has 6 heteroatoms. The molecule has 0 aliphatic heterocycles. The van der Waals surface area contributed by atoms with Gasteiger partial charge in [-0.3, -0.25) is 9.97 Å². The third-order valence-electron chi connectivity index (χ3n) is 5.77. The average Bonchev–Trinajstić information content (AvgIpc) is 2.82. The van der Waals surface area contributed by atoms with Crippen molar-refractivity contribution in [3.8, 4) is 0 Å². The number of benzene rings is 2. The number of unbranched alkanes of at least 4 members (excludes halogenated alkanes) is 2. The van der Waals surface area contributed by atoms with Gasteiger partial charge in [0.05, 0.1) is 11.0 Å². The molecule has 0 bridgehead atoms. The van der Waals surface area contributed by atoms with Crippen molar-refractivity contribution in [3.05, 3.63) is 59.9 Å². The van der Waals surface area contributed by atoms with Crippen LogP contribution in [0.3, 0.4) is 0 Å². The molecule has 0 atom stereocenters. The molecular formula is C27H32N4S2. The predicted octanol–water partition coefficient (Wildman–Crippen LogP) is 7.54. The second-order valence-electron chi connectivity index (χ2n) is 8.30. The quantitative estimate of drug-likeness (QED) is 0.182. The van der Waals surface area contributed by atoms with Crippen molar-refractivity contribution in [3.63, 3.8) is 0 Å². The lowest BCUT2D eigenvalue weighted by molar-refractivity contribution is 0.721. The number of thioether (sulfide) groups is 2. The molecule has 2 aromatic heterocycles. The van der Waals surface area contributed by atoms with Crippen LogP contribution in [-0.2, 0) is 0 Å². The van der Waals surface area contributed by atoms with Gasteiger partial charge in [-0.15, -0.1) is 23.5 Å². The molecule has 0 amide bonds. The summed E-state index contributed by atoms with van der Waals surface area (Å²) >= 11 is 3.54. The van der Waals surface area contributed by atoms with E-state index in [9.17, 15) is 0 Å². The third-order valence-corrected chi connectivity index (χ3v) is 7.22. The van der Waals surface area contributed by atoms with E-state index < -0.39 is 0 Å². The summed E-state index contributed by atoms with van der Waals surface area (Å²) in [5.74, 6) is 0. The van der Waals surface area contributed by atoms with E-state index in [1.807, 2.05) is 0 Å². The number of nitrogens with one attached hydrogen (secondary N) is 2. The first-order valence-corrected chi connectivity index (χ1v) is 13.9. The van der Waals surface area contributed by atoms with Gasteiger partial charge in [-0.2, -0.15) is 0 Å². The summed E-state index contributed by atoms with van der Waals surface area (Å²) in [4.78, 5) is 11.9. The Balaban J connectivity index is 1.30. The smallest absolute Gasteiger partial charge is 0.0726 e. The fraction of sp³-hybridized carbons (Fsp3) is 0.333. The summed E-state index contributed by atoms with van der Waals surface area (Å²) < 4.78 is 0. The highest BCUT2D eigenvalue weighted by Gasteiger charge is 2.07. The van der Waals surface area contributed by atoms with Gasteiger partial charge >= 0.3 is 0 Å². The molecule has 0 saturated heterocycles. The molecule has 0 aliphatic carbocycles. The van der Waals surface area contributed by atoms with Gasteiger partial charge in [0.1, 0.15) is 0 Å². The fourth-order valence-electron chi connectivity index (χ4n) is 4.09. The summed E-state index contributed by atoms with van der Waals surface area (Å²) in [5, 5.41) is 9.72. The summed E-state index contributed by atoms with van der Waals surface area (Å²) in [5.41, 5.74) is 6.60. The number of hydrogen-bond acceptors (Lipinski definition) is 6. The molecule has 4 rings (SSSR count). The Morgan fingerprint density at radius 1 is 0.636 bits per heavy atom. The van der Waals surface area contributed by atoms with E-state index in [2.05, 4.69) is 95.5 Å². The number of nitrogens with zero attached hydrogens (tertiary/aromatic N) is 2. The highest BCUT2D eigenvalue weighted by Crippen LogP contribution is 2.29. The lowest BCUT2D eigenvalue weighted by Crippen LogP contribution is -2.06. The van der Waals surface area contributed by atoms with E-state index in [1.54, 1.807) is 23.5 Å². The topological polar surface area (TPSA) is 49.8 Å². The first kappa shape index (κ1) is 23.7. The first-order valence-electron chi connectivity index (χ1n) is 11.5. The summed E-state index contributed by atoms with van der Waals surface area (Å²) in [6.07, 6.45) is 7.68. The SMILES string of the molecule is CSc1ccc2nc(C)cc(NCCCCCNc3cc(C)nc4ccc(SC)cc34)c2c1. The Morgan fingerprint density at radius 3 is 1.52 bits per heavy atom. The molecular weight excluding hydrogens is 444 g/mol. The number of aromatic nitrogens is 2. The average molecular weight is 477 g/mol. The van der Waals surface area contributed by atoms with Crippen LogP contribution in [0.1, 0.15) is 30.7 Å². The molecule has 0 aliphatic rings. The zero-order valence-corrected chi connectivity index (χ0v) is 21.5. The maximum Gasteiger partial charge on any atom is 0.0726 e. The third kappa shape index (κ3) is 5.92. The van der Waals surface area contributed by atoms with Gasteiger partial charge in [0, 0.05) is 56.4 Å². The predicted molar refractivity (Wildman–Crippen MR) is 147 cm³/mol. The molecule has 0 radical (unpaired) electrons. The van der Waals surface area contributed by atoms with E-state index in [-0.39, 0.29) is 0 Å². The number of rotatable bonds is 10. The minimum Gasteiger partial charge on any atom is -0.384 e. The summed E-state index contributed by atoms with van der Waals surface area (Å²) in [6.45, 7) is 6.06. The van der Waals surface area contributed by atoms with E-state index in [0.717, 1.165) is 48.4 Å². The molecule has 33 heavy (non-hydrogen) atoms. The minimum absolute atomic E-state index is 0.969. The van der Waals surface area contributed by atoms with Crippen LogP contribution in [-0.4, -0.2) is 35.6 Å². The van der Waals surface area contributed by atoms with Gasteiger partial charge in [0.15, 0.2) is 0 Å². The maximum absolute atomic E-state index is 4.68. The Hall–Kier alpha value is -2.44. The second-order valence-corrected chi connectivity index (χ2v) is 10.1. The minimum atomic E-state index is 0.969. The van der Waals surface area contributed by atoms with Crippen molar-refractivity contribution < 1.29 is 0 Å². The lowest BCUT2D eigenvalue weighted by Gasteiger charge is -2.13. The van der Waals surface area contributed by atoms with Crippen LogP contribution >= 0.6 is 23.5 Å². The maximum atomic E-state index is 4.68. The summed E-state index contributed by atoms with van der Waals surface area (Å²) in [7, 11) is 0. The molecule has 2 N–H and O–H groups in total. The van der Waals surface area contributed by atoms with Crippen molar-refractivity contribution in [2.75, 3.05) is 36.2 Å². The van der Waals surface area contributed by atoms with Gasteiger partial charge in [-0.05, 0) is 94.2 Å². The van der Waals surface area contributed by atoms with Crippen molar-refractivity contribution in [2.45, 2.75) is 42.9 Å². The van der Waals surface area contributed by atoms with Crippen LogP contribution in [0.25, 0.3) is 21.8 Å².